The van der Waals surface area contributed by atoms with Crippen molar-refractivity contribution in [1.82, 2.24) is 19.7 Å². The van der Waals surface area contributed by atoms with Crippen LogP contribution in [-0.4, -0.2) is 45.8 Å². The molecule has 2 aromatic rings. The highest BCUT2D eigenvalue weighted by molar-refractivity contribution is 6.33. The highest BCUT2D eigenvalue weighted by Gasteiger charge is 2.21. The Kier molecular flexibility index (Phi) is 4.58. The Labute approximate surface area is 138 Å². The minimum absolute atomic E-state index is 0.199. The maximum atomic E-state index is 13.2. The Morgan fingerprint density at radius 3 is 2.65 bits per heavy atom. The summed E-state index contributed by atoms with van der Waals surface area (Å²) in [5.41, 5.74) is 1.23. The van der Waals surface area contributed by atoms with Gasteiger partial charge in [0.05, 0.1) is 18.1 Å². The van der Waals surface area contributed by atoms with Crippen molar-refractivity contribution in [3.8, 4) is 0 Å². The summed E-state index contributed by atoms with van der Waals surface area (Å²) < 4.78 is 14.4. The molecule has 0 saturated carbocycles. The van der Waals surface area contributed by atoms with Gasteiger partial charge in [-0.2, -0.15) is 5.10 Å². The van der Waals surface area contributed by atoms with Crippen LogP contribution in [0.25, 0.3) is 0 Å². The number of nitrogens with zero attached hydrogens (tertiary/aromatic N) is 5. The zero-order valence-electron chi connectivity index (χ0n) is 12.7. The van der Waals surface area contributed by atoms with Crippen molar-refractivity contribution in [1.29, 1.82) is 0 Å². The maximum Gasteiger partial charge on any atom is 0.287 e. The summed E-state index contributed by atoms with van der Waals surface area (Å²) in [5, 5.41) is 4.23. The van der Waals surface area contributed by atoms with Crippen molar-refractivity contribution in [2.75, 3.05) is 31.1 Å². The van der Waals surface area contributed by atoms with Crippen LogP contribution < -0.4 is 10.5 Å². The van der Waals surface area contributed by atoms with E-state index in [1.165, 1.54) is 16.9 Å². The first-order valence-corrected chi connectivity index (χ1v) is 7.71. The zero-order chi connectivity index (χ0) is 16.4. The molecule has 0 aliphatic carbocycles. The van der Waals surface area contributed by atoms with Crippen molar-refractivity contribution in [2.24, 2.45) is 7.05 Å². The smallest absolute Gasteiger partial charge is 0.287 e. The number of piperazine rings is 1. The van der Waals surface area contributed by atoms with Crippen LogP contribution in [-0.2, 0) is 13.6 Å². The lowest BCUT2D eigenvalue weighted by Gasteiger charge is -2.36. The lowest BCUT2D eigenvalue weighted by Crippen LogP contribution is -2.46. The summed E-state index contributed by atoms with van der Waals surface area (Å²) in [5.74, 6) is -0.320. The Morgan fingerprint density at radius 1 is 1.22 bits per heavy atom. The maximum absolute atomic E-state index is 13.2. The average molecular weight is 338 g/mol. The molecule has 6 nitrogen and oxygen atoms in total. The largest absolute Gasteiger partial charge is 0.366 e. The van der Waals surface area contributed by atoms with Crippen LogP contribution in [0.3, 0.4) is 0 Å². The third-order valence-electron chi connectivity index (χ3n) is 3.94. The van der Waals surface area contributed by atoms with E-state index in [9.17, 15) is 9.18 Å². The Morgan fingerprint density at radius 2 is 1.96 bits per heavy atom. The van der Waals surface area contributed by atoms with Gasteiger partial charge in [-0.15, -0.1) is 0 Å². The molecule has 0 aromatic carbocycles. The fraction of sp³-hybridized carbons (Fsp3) is 0.400. The van der Waals surface area contributed by atoms with E-state index >= 15 is 0 Å². The van der Waals surface area contributed by atoms with Crippen LogP contribution in [0.4, 0.5) is 10.1 Å². The molecule has 0 bridgehead atoms. The van der Waals surface area contributed by atoms with Crippen LogP contribution in [0.1, 0.15) is 5.56 Å². The summed E-state index contributed by atoms with van der Waals surface area (Å²) in [6, 6.07) is 1.50. The van der Waals surface area contributed by atoms with Crippen molar-refractivity contribution in [3.63, 3.8) is 0 Å². The molecule has 0 radical (unpaired) electrons. The summed E-state index contributed by atoms with van der Waals surface area (Å²) >= 11 is 6.14. The molecule has 0 amide bonds. The van der Waals surface area contributed by atoms with Crippen LogP contribution in [0.2, 0.25) is 5.02 Å². The van der Waals surface area contributed by atoms with E-state index < -0.39 is 0 Å². The van der Waals surface area contributed by atoms with E-state index in [0.29, 0.717) is 12.2 Å². The molecule has 3 heterocycles. The number of halogens is 2. The average Bonchev–Trinajstić information content (AvgIpc) is 2.54. The van der Waals surface area contributed by atoms with Gasteiger partial charge in [0.2, 0.25) is 0 Å². The van der Waals surface area contributed by atoms with Gasteiger partial charge in [-0.05, 0) is 11.6 Å². The third-order valence-corrected chi connectivity index (χ3v) is 4.30. The van der Waals surface area contributed by atoms with E-state index in [-0.39, 0.29) is 16.4 Å². The van der Waals surface area contributed by atoms with Crippen LogP contribution in [0, 0.1) is 5.82 Å². The summed E-state index contributed by atoms with van der Waals surface area (Å²) in [6.45, 7) is 3.71. The number of hydrogen-bond acceptors (Lipinski definition) is 5. The molecule has 1 fully saturated rings. The molecular weight excluding hydrogens is 321 g/mol. The fourth-order valence-corrected chi connectivity index (χ4v) is 2.96. The predicted molar refractivity (Wildman–Crippen MR) is 86.2 cm³/mol. The van der Waals surface area contributed by atoms with Gasteiger partial charge in [0.15, 0.2) is 0 Å². The third kappa shape index (κ3) is 3.51. The number of aromatic nitrogens is 3. The van der Waals surface area contributed by atoms with Crippen molar-refractivity contribution in [3.05, 3.63) is 51.4 Å². The van der Waals surface area contributed by atoms with Gasteiger partial charge >= 0.3 is 0 Å². The molecule has 1 saturated heterocycles. The second-order valence-electron chi connectivity index (χ2n) is 5.55. The molecule has 8 heteroatoms. The van der Waals surface area contributed by atoms with Gasteiger partial charge < -0.3 is 4.90 Å². The first kappa shape index (κ1) is 15.9. The first-order valence-electron chi connectivity index (χ1n) is 7.33. The molecule has 0 spiro atoms. The highest BCUT2D eigenvalue weighted by Crippen LogP contribution is 2.22. The number of aryl methyl sites for hydroxylation is 1. The highest BCUT2D eigenvalue weighted by atomic mass is 35.5. The molecular formula is C15H17ClFN5O. The molecule has 2 aromatic heterocycles. The zero-order valence-corrected chi connectivity index (χ0v) is 13.5. The van der Waals surface area contributed by atoms with Crippen molar-refractivity contribution < 1.29 is 4.39 Å². The number of pyridine rings is 1. The van der Waals surface area contributed by atoms with Gasteiger partial charge in [0.1, 0.15) is 10.8 Å². The molecule has 1 aliphatic rings. The lowest BCUT2D eigenvalue weighted by atomic mass is 10.2. The summed E-state index contributed by atoms with van der Waals surface area (Å²) in [7, 11) is 1.57. The summed E-state index contributed by atoms with van der Waals surface area (Å²) in [4.78, 5) is 20.0. The van der Waals surface area contributed by atoms with Crippen LogP contribution in [0.15, 0.2) is 29.5 Å². The molecule has 122 valence electrons. The van der Waals surface area contributed by atoms with Crippen LogP contribution >= 0.6 is 11.6 Å². The molecule has 1 aliphatic heterocycles. The molecule has 23 heavy (non-hydrogen) atoms. The van der Waals surface area contributed by atoms with Gasteiger partial charge in [-0.1, -0.05) is 11.6 Å². The van der Waals surface area contributed by atoms with Gasteiger partial charge in [-0.25, -0.2) is 9.07 Å². The predicted octanol–water partition coefficient (Wildman–Crippen LogP) is 1.29. The minimum Gasteiger partial charge on any atom is -0.366 e. The standard InChI is InChI=1S/C15H17ClFN5O/c1-20-15(23)14(16)13(9-19-20)22-4-2-21(3-5-22)10-11-6-12(17)8-18-7-11/h6-9H,2-5,10H2,1H3. The SMILES string of the molecule is Cn1ncc(N2CCN(Cc3cncc(F)c3)CC2)c(Cl)c1=O. The van der Waals surface area contributed by atoms with E-state index in [4.69, 9.17) is 11.6 Å². The van der Waals surface area contributed by atoms with E-state index in [1.807, 2.05) is 0 Å². The normalized spacial score (nSPS) is 15.9. The minimum atomic E-state index is -0.320. The first-order chi connectivity index (χ1) is 11.0. The lowest BCUT2D eigenvalue weighted by molar-refractivity contribution is 0.249. The summed E-state index contributed by atoms with van der Waals surface area (Å²) in [6.07, 6.45) is 4.50. The van der Waals surface area contributed by atoms with Crippen molar-refractivity contribution >= 4 is 17.3 Å². The molecule has 0 atom stereocenters. The van der Waals surface area contributed by atoms with Crippen molar-refractivity contribution in [2.45, 2.75) is 6.54 Å². The molecule has 3 rings (SSSR count). The number of hydrogen-bond donors (Lipinski definition) is 0. The topological polar surface area (TPSA) is 54.3 Å². The van der Waals surface area contributed by atoms with E-state index in [1.54, 1.807) is 19.4 Å². The second-order valence-corrected chi connectivity index (χ2v) is 5.93. The second kappa shape index (κ2) is 6.64. The van der Waals surface area contributed by atoms with Crippen LogP contribution in [0.5, 0.6) is 0 Å². The van der Waals surface area contributed by atoms with Gasteiger partial charge in [-0.3, -0.25) is 14.7 Å². The van der Waals surface area contributed by atoms with Gasteiger partial charge in [0, 0.05) is 46.0 Å². The fourth-order valence-electron chi connectivity index (χ4n) is 2.67. The number of rotatable bonds is 3. The Balaban J connectivity index is 1.65. The monoisotopic (exact) mass is 337 g/mol. The van der Waals surface area contributed by atoms with E-state index in [2.05, 4.69) is 19.9 Å². The van der Waals surface area contributed by atoms with Gasteiger partial charge in [0.25, 0.3) is 5.56 Å². The Bertz CT molecular complexity index is 758. The van der Waals surface area contributed by atoms with E-state index in [0.717, 1.165) is 31.7 Å². The Hall–Kier alpha value is -1.99. The number of anilines is 1. The quantitative estimate of drug-likeness (QED) is 0.845. The molecule has 0 unspecified atom stereocenters. The molecule has 0 N–H and O–H groups in total.